The van der Waals surface area contributed by atoms with Gasteiger partial charge < -0.3 is 4.90 Å². The van der Waals surface area contributed by atoms with Crippen LogP contribution in [0.25, 0.3) is 0 Å². The van der Waals surface area contributed by atoms with Gasteiger partial charge in [-0.1, -0.05) is 22.0 Å². The summed E-state index contributed by atoms with van der Waals surface area (Å²) in [4.78, 5) is 9.39. The molecule has 1 fully saturated rings. The molecule has 1 aromatic rings. The van der Waals surface area contributed by atoms with E-state index in [1.165, 1.54) is 5.56 Å². The molecule has 0 saturated carbocycles. The van der Waals surface area contributed by atoms with Crippen LogP contribution < -0.4 is 4.90 Å². The van der Waals surface area contributed by atoms with E-state index < -0.39 is 0 Å². The van der Waals surface area contributed by atoms with Crippen molar-refractivity contribution in [2.24, 2.45) is 0 Å². The highest BCUT2D eigenvalue weighted by Gasteiger charge is 2.27. The molecule has 0 N–H and O–H groups in total. The molecule has 0 bridgehead atoms. The van der Waals surface area contributed by atoms with Crippen LogP contribution in [-0.4, -0.2) is 42.1 Å². The van der Waals surface area contributed by atoms with Gasteiger partial charge in [-0.3, -0.25) is 4.90 Å². The summed E-state index contributed by atoms with van der Waals surface area (Å²) < 4.78 is 0. The van der Waals surface area contributed by atoms with Crippen molar-refractivity contribution < 1.29 is 0 Å². The van der Waals surface area contributed by atoms with Crippen molar-refractivity contribution in [3.8, 4) is 0 Å². The number of aromatic nitrogens is 1. The summed E-state index contributed by atoms with van der Waals surface area (Å²) >= 11 is 3.54. The molecular weight excluding hydrogens is 278 g/mol. The molecule has 2 atom stereocenters. The van der Waals surface area contributed by atoms with Crippen LogP contribution in [0, 0.1) is 0 Å². The Labute approximate surface area is 112 Å². The van der Waals surface area contributed by atoms with Crippen LogP contribution in [0.1, 0.15) is 19.4 Å². The maximum absolute atomic E-state index is 4.54. The van der Waals surface area contributed by atoms with Gasteiger partial charge in [0.25, 0.3) is 0 Å². The van der Waals surface area contributed by atoms with Crippen molar-refractivity contribution in [1.29, 1.82) is 0 Å². The number of rotatable bonds is 2. The van der Waals surface area contributed by atoms with Crippen molar-refractivity contribution >= 4 is 21.7 Å². The molecule has 3 nitrogen and oxygen atoms in total. The Hall–Kier alpha value is -0.610. The number of hydrogen-bond acceptors (Lipinski definition) is 3. The Morgan fingerprint density at radius 1 is 1.35 bits per heavy atom. The first-order chi connectivity index (χ1) is 8.13. The van der Waals surface area contributed by atoms with Crippen molar-refractivity contribution in [2.45, 2.75) is 31.3 Å². The van der Waals surface area contributed by atoms with Gasteiger partial charge in [-0.2, -0.15) is 0 Å². The van der Waals surface area contributed by atoms with E-state index >= 15 is 0 Å². The first-order valence-electron chi connectivity index (χ1n) is 6.10. The predicted octanol–water partition coefficient (Wildman–Crippen LogP) is 2.51. The van der Waals surface area contributed by atoms with Crippen molar-refractivity contribution in [3.63, 3.8) is 0 Å². The minimum absolute atomic E-state index is 0.573. The van der Waals surface area contributed by atoms with E-state index in [9.17, 15) is 0 Å². The molecular formula is C13H20BrN3. The molecule has 2 heterocycles. The molecule has 0 amide bonds. The van der Waals surface area contributed by atoms with Crippen LogP contribution in [0.2, 0.25) is 0 Å². The van der Waals surface area contributed by atoms with E-state index in [0.29, 0.717) is 12.1 Å². The van der Waals surface area contributed by atoms with Crippen LogP contribution in [-0.2, 0) is 5.33 Å². The Morgan fingerprint density at radius 2 is 2.00 bits per heavy atom. The molecule has 2 rings (SSSR count). The fourth-order valence-corrected chi connectivity index (χ4v) is 2.83. The molecule has 1 aliphatic heterocycles. The van der Waals surface area contributed by atoms with E-state index in [4.69, 9.17) is 0 Å². The maximum Gasteiger partial charge on any atom is 0.132 e. The predicted molar refractivity (Wildman–Crippen MR) is 75.8 cm³/mol. The second-order valence-electron chi connectivity index (χ2n) is 4.89. The van der Waals surface area contributed by atoms with Crippen molar-refractivity contribution in [1.82, 2.24) is 9.88 Å². The number of likely N-dealkylation sites (N-methyl/N-ethyl adjacent to an activating group) is 1. The average molecular weight is 298 g/mol. The van der Waals surface area contributed by atoms with Gasteiger partial charge >= 0.3 is 0 Å². The zero-order valence-corrected chi connectivity index (χ0v) is 12.3. The summed E-state index contributed by atoms with van der Waals surface area (Å²) in [6.07, 6.45) is 1.88. The molecule has 1 aromatic heterocycles. The van der Waals surface area contributed by atoms with Gasteiger partial charge in [0, 0.05) is 42.3 Å². The molecule has 2 unspecified atom stereocenters. The summed E-state index contributed by atoms with van der Waals surface area (Å²) in [6, 6.07) is 5.29. The quantitative estimate of drug-likeness (QED) is 0.782. The molecule has 0 aromatic carbocycles. The van der Waals surface area contributed by atoms with Gasteiger partial charge in [-0.05, 0) is 27.0 Å². The third kappa shape index (κ3) is 2.63. The van der Waals surface area contributed by atoms with E-state index in [1.54, 1.807) is 0 Å². The Bertz CT molecular complexity index is 371. The Morgan fingerprint density at radius 3 is 2.59 bits per heavy atom. The van der Waals surface area contributed by atoms with Crippen molar-refractivity contribution in [3.05, 3.63) is 23.9 Å². The number of alkyl halides is 1. The number of nitrogens with zero attached hydrogens (tertiary/aromatic N) is 3. The fraction of sp³-hybridized carbons (Fsp3) is 0.615. The van der Waals surface area contributed by atoms with E-state index in [1.807, 2.05) is 12.3 Å². The Balaban J connectivity index is 2.22. The third-order valence-corrected chi connectivity index (χ3v) is 4.27. The van der Waals surface area contributed by atoms with E-state index in [0.717, 1.165) is 24.2 Å². The standard InChI is InChI=1S/C13H20BrN3/c1-10-8-17(9-11(2)16(10)3)13-12(7-14)5-4-6-15-13/h4-6,10-11H,7-9H2,1-3H3. The average Bonchev–Trinajstić information content (AvgIpc) is 2.35. The number of halogens is 1. The second-order valence-corrected chi connectivity index (χ2v) is 5.45. The SMILES string of the molecule is CC1CN(c2ncccc2CBr)CC(C)N1C. The normalized spacial score (nSPS) is 26.2. The van der Waals surface area contributed by atoms with Crippen LogP contribution in [0.5, 0.6) is 0 Å². The largest absolute Gasteiger partial charge is 0.353 e. The van der Waals surface area contributed by atoms with Gasteiger partial charge in [0.2, 0.25) is 0 Å². The number of anilines is 1. The molecule has 0 aliphatic carbocycles. The van der Waals surface area contributed by atoms with Gasteiger partial charge in [-0.25, -0.2) is 4.98 Å². The van der Waals surface area contributed by atoms with Crippen LogP contribution >= 0.6 is 15.9 Å². The lowest BCUT2D eigenvalue weighted by Crippen LogP contribution is -2.55. The molecule has 17 heavy (non-hydrogen) atoms. The highest BCUT2D eigenvalue weighted by molar-refractivity contribution is 9.08. The molecule has 4 heteroatoms. The number of pyridine rings is 1. The molecule has 1 saturated heterocycles. The lowest BCUT2D eigenvalue weighted by atomic mass is 10.1. The fourth-order valence-electron chi connectivity index (χ4n) is 2.40. The zero-order valence-electron chi connectivity index (χ0n) is 10.7. The summed E-state index contributed by atoms with van der Waals surface area (Å²) in [6.45, 7) is 6.66. The van der Waals surface area contributed by atoms with Crippen LogP contribution in [0.15, 0.2) is 18.3 Å². The van der Waals surface area contributed by atoms with E-state index in [2.05, 4.69) is 57.7 Å². The van der Waals surface area contributed by atoms with E-state index in [-0.39, 0.29) is 0 Å². The van der Waals surface area contributed by atoms with Gasteiger partial charge in [0.15, 0.2) is 0 Å². The highest BCUT2D eigenvalue weighted by Crippen LogP contribution is 2.24. The molecule has 0 spiro atoms. The van der Waals surface area contributed by atoms with Gasteiger partial charge in [0.05, 0.1) is 0 Å². The highest BCUT2D eigenvalue weighted by atomic mass is 79.9. The second kappa shape index (κ2) is 5.36. The molecule has 0 radical (unpaired) electrons. The minimum Gasteiger partial charge on any atom is -0.353 e. The zero-order chi connectivity index (χ0) is 12.4. The van der Waals surface area contributed by atoms with Crippen LogP contribution in [0.3, 0.4) is 0 Å². The first-order valence-corrected chi connectivity index (χ1v) is 7.22. The summed E-state index contributed by atoms with van der Waals surface area (Å²) in [7, 11) is 2.20. The number of hydrogen-bond donors (Lipinski definition) is 0. The smallest absolute Gasteiger partial charge is 0.132 e. The minimum atomic E-state index is 0.573. The number of piperazine rings is 1. The first kappa shape index (κ1) is 12.8. The maximum atomic E-state index is 4.54. The lowest BCUT2D eigenvalue weighted by Gasteiger charge is -2.43. The van der Waals surface area contributed by atoms with Crippen LogP contribution in [0.4, 0.5) is 5.82 Å². The van der Waals surface area contributed by atoms with Gasteiger partial charge in [-0.15, -0.1) is 0 Å². The van der Waals surface area contributed by atoms with Gasteiger partial charge in [0.1, 0.15) is 5.82 Å². The summed E-state index contributed by atoms with van der Waals surface area (Å²) in [5, 5.41) is 0.866. The topological polar surface area (TPSA) is 19.4 Å². The summed E-state index contributed by atoms with van der Waals surface area (Å²) in [5.41, 5.74) is 1.27. The lowest BCUT2D eigenvalue weighted by molar-refractivity contribution is 0.169. The Kier molecular flexibility index (Phi) is 4.05. The third-order valence-electron chi connectivity index (χ3n) is 3.67. The van der Waals surface area contributed by atoms with Crippen molar-refractivity contribution in [2.75, 3.05) is 25.0 Å². The monoisotopic (exact) mass is 297 g/mol. The molecule has 94 valence electrons. The summed E-state index contributed by atoms with van der Waals surface area (Å²) in [5.74, 6) is 1.14. The molecule has 1 aliphatic rings.